The van der Waals surface area contributed by atoms with Gasteiger partial charge in [-0.05, 0) is 37.5 Å². The number of nitrogens with zero attached hydrogens (tertiary/aromatic N) is 1. The van der Waals surface area contributed by atoms with Crippen molar-refractivity contribution in [2.24, 2.45) is 5.73 Å². The Kier molecular flexibility index (Phi) is 5.39. The van der Waals surface area contributed by atoms with Crippen LogP contribution in [0.1, 0.15) is 27.3 Å². The molecule has 0 fully saturated rings. The number of carbonyl (C=O) groups excluding carboxylic acids is 1. The van der Waals surface area contributed by atoms with E-state index in [1.165, 1.54) is 29.5 Å². The highest BCUT2D eigenvalue weighted by Crippen LogP contribution is 2.29. The van der Waals surface area contributed by atoms with Gasteiger partial charge in [0, 0.05) is 16.5 Å². The normalized spacial score (nSPS) is 16.6. The average Bonchev–Trinajstić information content (AvgIpc) is 2.83. The highest BCUT2D eigenvalue weighted by atomic mass is 35.5. The molecule has 1 amide bonds. The second-order valence-corrected chi connectivity index (χ2v) is 6.47. The van der Waals surface area contributed by atoms with Crippen LogP contribution in [-0.4, -0.2) is 16.9 Å². The number of aromatic nitrogens is 1. The second-order valence-electron chi connectivity index (χ2n) is 4.97. The van der Waals surface area contributed by atoms with E-state index < -0.39 is 5.82 Å². The first kappa shape index (κ1) is 17.1. The Balaban J connectivity index is 0.00000176. The van der Waals surface area contributed by atoms with E-state index in [9.17, 15) is 9.18 Å². The van der Waals surface area contributed by atoms with Gasteiger partial charge in [-0.3, -0.25) is 10.1 Å². The van der Waals surface area contributed by atoms with Crippen LogP contribution in [0.15, 0.2) is 18.2 Å². The number of hydrogen-bond donors (Lipinski definition) is 2. The number of hydrogen-bond acceptors (Lipinski definition) is 4. The third-order valence-electron chi connectivity index (χ3n) is 3.38. The van der Waals surface area contributed by atoms with Crippen LogP contribution in [0, 0.1) is 5.82 Å². The van der Waals surface area contributed by atoms with Gasteiger partial charge >= 0.3 is 0 Å². The zero-order valence-electron chi connectivity index (χ0n) is 11.4. The van der Waals surface area contributed by atoms with Gasteiger partial charge in [0.2, 0.25) is 0 Å². The topological polar surface area (TPSA) is 68.0 Å². The molecule has 3 rings (SSSR count). The van der Waals surface area contributed by atoms with Crippen LogP contribution >= 0.6 is 35.3 Å². The predicted molar refractivity (Wildman–Crippen MR) is 88.7 cm³/mol. The van der Waals surface area contributed by atoms with Crippen molar-refractivity contribution in [3.05, 3.63) is 45.2 Å². The molecule has 118 valence electrons. The number of rotatable bonds is 2. The number of carbonyl (C=O) groups is 1. The van der Waals surface area contributed by atoms with Gasteiger partial charge in [-0.1, -0.05) is 11.6 Å². The highest BCUT2D eigenvalue weighted by Gasteiger charge is 2.21. The first-order chi connectivity index (χ1) is 10.0. The van der Waals surface area contributed by atoms with Crippen molar-refractivity contribution in [2.45, 2.75) is 25.3 Å². The average molecular weight is 362 g/mol. The number of nitrogens with two attached hydrogens (primary N) is 1. The largest absolute Gasteiger partial charge is 0.327 e. The summed E-state index contributed by atoms with van der Waals surface area (Å²) in [6, 6.07) is 4.02. The summed E-state index contributed by atoms with van der Waals surface area (Å²) in [6.07, 6.45) is 2.55. The number of nitrogens with one attached hydrogen (secondary N) is 1. The summed E-state index contributed by atoms with van der Waals surface area (Å²) in [6.45, 7) is 0. The maximum absolute atomic E-state index is 13.1. The van der Waals surface area contributed by atoms with Crippen LogP contribution in [-0.2, 0) is 12.8 Å². The smallest absolute Gasteiger partial charge is 0.257 e. The van der Waals surface area contributed by atoms with Crippen LogP contribution < -0.4 is 11.1 Å². The van der Waals surface area contributed by atoms with Gasteiger partial charge in [-0.15, -0.1) is 23.7 Å². The molecule has 1 aliphatic rings. The zero-order valence-corrected chi connectivity index (χ0v) is 13.8. The number of aryl methyl sites for hydroxylation is 1. The van der Waals surface area contributed by atoms with Gasteiger partial charge in [-0.2, -0.15) is 0 Å². The highest BCUT2D eigenvalue weighted by molar-refractivity contribution is 7.15. The lowest BCUT2D eigenvalue weighted by molar-refractivity contribution is 0.102. The van der Waals surface area contributed by atoms with Gasteiger partial charge in [0.1, 0.15) is 5.82 Å². The number of fused-ring (bicyclic) bond motifs is 1. The number of benzene rings is 1. The molecule has 0 bridgehead atoms. The Morgan fingerprint density at radius 3 is 3.00 bits per heavy atom. The fraction of sp³-hybridized carbons (Fsp3) is 0.286. The quantitative estimate of drug-likeness (QED) is 0.860. The molecule has 0 spiro atoms. The third-order valence-corrected chi connectivity index (χ3v) is 4.71. The molecule has 1 heterocycles. The van der Waals surface area contributed by atoms with E-state index in [4.69, 9.17) is 17.3 Å². The Morgan fingerprint density at radius 2 is 2.27 bits per heavy atom. The molecular weight excluding hydrogens is 348 g/mol. The van der Waals surface area contributed by atoms with Gasteiger partial charge in [0.15, 0.2) is 5.13 Å². The summed E-state index contributed by atoms with van der Waals surface area (Å²) in [5.41, 5.74) is 7.23. The molecule has 1 atom stereocenters. The van der Waals surface area contributed by atoms with Crippen LogP contribution in [0.2, 0.25) is 5.02 Å². The van der Waals surface area contributed by atoms with E-state index in [0.717, 1.165) is 29.8 Å². The molecule has 0 unspecified atom stereocenters. The van der Waals surface area contributed by atoms with Gasteiger partial charge in [-0.25, -0.2) is 9.37 Å². The van der Waals surface area contributed by atoms with Crippen LogP contribution in [0.25, 0.3) is 0 Å². The van der Waals surface area contributed by atoms with Crippen molar-refractivity contribution in [1.82, 2.24) is 4.98 Å². The lowest BCUT2D eigenvalue weighted by atomic mass is 9.99. The summed E-state index contributed by atoms with van der Waals surface area (Å²) in [5.74, 6) is -0.904. The molecular formula is C14H14Cl2FN3OS. The number of thiazole rings is 1. The Labute approximate surface area is 142 Å². The minimum atomic E-state index is -0.549. The molecule has 4 nitrogen and oxygen atoms in total. The maximum atomic E-state index is 13.1. The Hall–Kier alpha value is -1.21. The Bertz CT molecular complexity index is 707. The minimum absolute atomic E-state index is 0. The lowest BCUT2D eigenvalue weighted by Crippen LogP contribution is -2.27. The number of anilines is 1. The van der Waals surface area contributed by atoms with Crippen molar-refractivity contribution < 1.29 is 9.18 Å². The van der Waals surface area contributed by atoms with Crippen molar-refractivity contribution in [3.8, 4) is 0 Å². The maximum Gasteiger partial charge on any atom is 0.257 e. The third kappa shape index (κ3) is 3.57. The monoisotopic (exact) mass is 361 g/mol. The van der Waals surface area contributed by atoms with E-state index in [2.05, 4.69) is 10.3 Å². The van der Waals surface area contributed by atoms with Crippen molar-refractivity contribution in [3.63, 3.8) is 0 Å². The summed E-state index contributed by atoms with van der Waals surface area (Å²) >= 11 is 7.12. The zero-order chi connectivity index (χ0) is 15.0. The van der Waals surface area contributed by atoms with Crippen molar-refractivity contribution in [1.29, 1.82) is 0 Å². The van der Waals surface area contributed by atoms with Crippen LogP contribution in [0.3, 0.4) is 0 Å². The number of halogens is 3. The molecule has 1 aromatic heterocycles. The SMILES string of the molecule is Cl.N[C@H]1CCc2nc(NC(=O)c3ccc(F)c(Cl)c3)sc2C1. The van der Waals surface area contributed by atoms with E-state index >= 15 is 0 Å². The minimum Gasteiger partial charge on any atom is -0.327 e. The van der Waals surface area contributed by atoms with Crippen LogP contribution in [0.4, 0.5) is 9.52 Å². The second kappa shape index (κ2) is 6.91. The first-order valence-electron chi connectivity index (χ1n) is 6.53. The first-order valence-corrected chi connectivity index (χ1v) is 7.73. The van der Waals surface area contributed by atoms with Crippen molar-refractivity contribution in [2.75, 3.05) is 5.32 Å². The van der Waals surface area contributed by atoms with Gasteiger partial charge in [0.05, 0.1) is 10.7 Å². The molecule has 8 heteroatoms. The standard InChI is InChI=1S/C14H13ClFN3OS.ClH/c15-9-5-7(1-3-10(9)16)13(20)19-14-18-11-4-2-8(17)6-12(11)21-14;/h1,3,5,8H,2,4,6,17H2,(H,18,19,20);1H/t8-;/m0./s1. The summed E-state index contributed by atoms with van der Waals surface area (Å²) in [7, 11) is 0. The molecule has 0 saturated heterocycles. The molecule has 0 aliphatic heterocycles. The fourth-order valence-corrected chi connectivity index (χ4v) is 3.54. The van der Waals surface area contributed by atoms with E-state index in [1.54, 1.807) is 0 Å². The molecule has 3 N–H and O–H groups in total. The molecule has 1 aromatic carbocycles. The molecule has 0 radical (unpaired) electrons. The summed E-state index contributed by atoms with van der Waals surface area (Å²) < 4.78 is 13.1. The Morgan fingerprint density at radius 1 is 1.50 bits per heavy atom. The molecule has 0 saturated carbocycles. The van der Waals surface area contributed by atoms with Crippen LogP contribution in [0.5, 0.6) is 0 Å². The van der Waals surface area contributed by atoms with E-state index in [1.807, 2.05) is 0 Å². The number of amides is 1. The van der Waals surface area contributed by atoms with Crippen molar-refractivity contribution >= 4 is 46.4 Å². The summed E-state index contributed by atoms with van der Waals surface area (Å²) in [5, 5.41) is 3.19. The van der Waals surface area contributed by atoms with E-state index in [-0.39, 0.29) is 29.4 Å². The summed E-state index contributed by atoms with van der Waals surface area (Å²) in [4.78, 5) is 17.6. The predicted octanol–water partition coefficient (Wildman–Crippen LogP) is 3.43. The molecule has 22 heavy (non-hydrogen) atoms. The molecule has 1 aliphatic carbocycles. The molecule has 2 aromatic rings. The van der Waals surface area contributed by atoms with Gasteiger partial charge in [0.25, 0.3) is 5.91 Å². The fourth-order valence-electron chi connectivity index (χ4n) is 2.26. The van der Waals surface area contributed by atoms with E-state index in [0.29, 0.717) is 10.7 Å². The van der Waals surface area contributed by atoms with Gasteiger partial charge < -0.3 is 5.73 Å². The lowest BCUT2D eigenvalue weighted by Gasteiger charge is -2.15.